The number of carbonyl (C=O) groups excluding carboxylic acids is 1. The van der Waals surface area contributed by atoms with Gasteiger partial charge in [0.15, 0.2) is 11.5 Å². The van der Waals surface area contributed by atoms with Gasteiger partial charge in [0.05, 0.1) is 26.7 Å². The summed E-state index contributed by atoms with van der Waals surface area (Å²) in [6, 6.07) is 5.31. The highest BCUT2D eigenvalue weighted by Gasteiger charge is 2.15. The van der Waals surface area contributed by atoms with Gasteiger partial charge in [-0.3, -0.25) is 4.79 Å². The SMILES string of the molecule is COc1cc(CC#N)cc(OC)c1OC(C)=O. The van der Waals surface area contributed by atoms with Crippen LogP contribution in [0.3, 0.4) is 0 Å². The number of hydrogen-bond donors (Lipinski definition) is 0. The lowest BCUT2D eigenvalue weighted by atomic mass is 10.1. The molecule has 0 aliphatic heterocycles. The van der Waals surface area contributed by atoms with Crippen molar-refractivity contribution in [1.29, 1.82) is 5.26 Å². The van der Waals surface area contributed by atoms with Gasteiger partial charge in [-0.05, 0) is 17.7 Å². The number of benzene rings is 1. The molecule has 0 fully saturated rings. The van der Waals surface area contributed by atoms with E-state index in [2.05, 4.69) is 0 Å². The predicted octanol–water partition coefficient (Wildman–Crippen LogP) is 1.70. The van der Waals surface area contributed by atoms with Crippen molar-refractivity contribution in [2.45, 2.75) is 13.3 Å². The molecule has 0 bridgehead atoms. The molecule has 1 aromatic rings. The van der Waals surface area contributed by atoms with Crippen LogP contribution in [0.25, 0.3) is 0 Å². The average molecular weight is 235 g/mol. The molecule has 0 aliphatic carbocycles. The molecule has 0 amide bonds. The van der Waals surface area contributed by atoms with E-state index in [9.17, 15) is 4.79 Å². The van der Waals surface area contributed by atoms with Crippen molar-refractivity contribution in [1.82, 2.24) is 0 Å². The van der Waals surface area contributed by atoms with Gasteiger partial charge in [0.2, 0.25) is 5.75 Å². The van der Waals surface area contributed by atoms with Crippen LogP contribution in [-0.2, 0) is 11.2 Å². The second-order valence-corrected chi connectivity index (χ2v) is 3.26. The maximum Gasteiger partial charge on any atom is 0.308 e. The lowest BCUT2D eigenvalue weighted by Gasteiger charge is -2.13. The van der Waals surface area contributed by atoms with Crippen molar-refractivity contribution < 1.29 is 19.0 Å². The van der Waals surface area contributed by atoms with E-state index in [0.717, 1.165) is 5.56 Å². The van der Waals surface area contributed by atoms with Crippen LogP contribution in [0, 0.1) is 11.3 Å². The summed E-state index contributed by atoms with van der Waals surface area (Å²) in [5.41, 5.74) is 0.733. The molecule has 5 nitrogen and oxygen atoms in total. The fourth-order valence-electron chi connectivity index (χ4n) is 1.37. The molecule has 17 heavy (non-hydrogen) atoms. The smallest absolute Gasteiger partial charge is 0.308 e. The third kappa shape index (κ3) is 3.11. The zero-order chi connectivity index (χ0) is 12.8. The number of esters is 1. The minimum Gasteiger partial charge on any atom is -0.493 e. The second kappa shape index (κ2) is 5.75. The first-order chi connectivity index (χ1) is 8.12. The largest absolute Gasteiger partial charge is 0.493 e. The maximum absolute atomic E-state index is 11.0. The van der Waals surface area contributed by atoms with E-state index >= 15 is 0 Å². The molecule has 0 spiro atoms. The van der Waals surface area contributed by atoms with E-state index in [4.69, 9.17) is 19.5 Å². The van der Waals surface area contributed by atoms with Crippen LogP contribution in [0.2, 0.25) is 0 Å². The number of nitriles is 1. The van der Waals surface area contributed by atoms with Crippen molar-refractivity contribution in [2.24, 2.45) is 0 Å². The lowest BCUT2D eigenvalue weighted by molar-refractivity contribution is -0.132. The Labute approximate surface area is 99.5 Å². The van der Waals surface area contributed by atoms with Crippen molar-refractivity contribution in [3.05, 3.63) is 17.7 Å². The molecule has 1 rings (SSSR count). The van der Waals surface area contributed by atoms with Crippen LogP contribution in [0.1, 0.15) is 12.5 Å². The third-order valence-electron chi connectivity index (χ3n) is 2.05. The van der Waals surface area contributed by atoms with E-state index < -0.39 is 5.97 Å². The summed E-state index contributed by atoms with van der Waals surface area (Å²) in [6.45, 7) is 1.29. The van der Waals surface area contributed by atoms with Crippen molar-refractivity contribution >= 4 is 5.97 Å². The number of methoxy groups -OCH3 is 2. The van der Waals surface area contributed by atoms with Gasteiger partial charge in [-0.15, -0.1) is 0 Å². The van der Waals surface area contributed by atoms with Gasteiger partial charge >= 0.3 is 5.97 Å². The topological polar surface area (TPSA) is 68.6 Å². The van der Waals surface area contributed by atoms with Crippen LogP contribution < -0.4 is 14.2 Å². The monoisotopic (exact) mass is 235 g/mol. The Morgan fingerprint density at radius 2 is 1.82 bits per heavy atom. The number of rotatable bonds is 4. The highest BCUT2D eigenvalue weighted by molar-refractivity contribution is 5.72. The van der Waals surface area contributed by atoms with Crippen LogP contribution in [0.15, 0.2) is 12.1 Å². The predicted molar refractivity (Wildman–Crippen MR) is 60.2 cm³/mol. The first kappa shape index (κ1) is 12.8. The van der Waals surface area contributed by atoms with Crippen LogP contribution in [-0.4, -0.2) is 20.2 Å². The molecule has 0 aliphatic rings. The van der Waals surface area contributed by atoms with Crippen molar-refractivity contribution in [3.63, 3.8) is 0 Å². The Hall–Kier alpha value is -2.22. The summed E-state index contributed by atoms with van der Waals surface area (Å²) in [4.78, 5) is 11.0. The number of nitrogens with zero attached hydrogens (tertiary/aromatic N) is 1. The van der Waals surface area contributed by atoms with Crippen LogP contribution >= 0.6 is 0 Å². The average Bonchev–Trinajstić information content (AvgIpc) is 2.30. The lowest BCUT2D eigenvalue weighted by Crippen LogP contribution is -2.05. The number of hydrogen-bond acceptors (Lipinski definition) is 5. The zero-order valence-corrected chi connectivity index (χ0v) is 9.94. The van der Waals surface area contributed by atoms with Gasteiger partial charge in [-0.25, -0.2) is 0 Å². The molecule has 0 saturated carbocycles. The normalized spacial score (nSPS) is 9.29. The third-order valence-corrected chi connectivity index (χ3v) is 2.05. The molecular formula is C12H13NO4. The number of ether oxygens (including phenoxy) is 3. The molecule has 5 heteroatoms. The van der Waals surface area contributed by atoms with Crippen LogP contribution in [0.4, 0.5) is 0 Å². The van der Waals surface area contributed by atoms with Crippen LogP contribution in [0.5, 0.6) is 17.2 Å². The molecule has 0 radical (unpaired) electrons. The molecule has 0 heterocycles. The Kier molecular flexibility index (Phi) is 4.35. The van der Waals surface area contributed by atoms with Gasteiger partial charge < -0.3 is 14.2 Å². The second-order valence-electron chi connectivity index (χ2n) is 3.26. The Bertz CT molecular complexity index is 437. The van der Waals surface area contributed by atoms with Gasteiger partial charge in [0, 0.05) is 6.92 Å². The molecule has 0 atom stereocenters. The zero-order valence-electron chi connectivity index (χ0n) is 9.94. The molecule has 0 saturated heterocycles. The molecule has 0 aromatic heterocycles. The molecular weight excluding hydrogens is 222 g/mol. The number of carbonyl (C=O) groups is 1. The molecule has 1 aromatic carbocycles. The Morgan fingerprint density at radius 3 is 2.18 bits per heavy atom. The molecule has 90 valence electrons. The molecule has 0 N–H and O–H groups in total. The first-order valence-electron chi connectivity index (χ1n) is 4.92. The summed E-state index contributed by atoms with van der Waals surface area (Å²) in [7, 11) is 2.91. The first-order valence-corrected chi connectivity index (χ1v) is 4.92. The van der Waals surface area contributed by atoms with Gasteiger partial charge in [0.25, 0.3) is 0 Å². The minimum absolute atomic E-state index is 0.226. The summed E-state index contributed by atoms with van der Waals surface area (Å²) in [5.74, 6) is 0.494. The van der Waals surface area contributed by atoms with Crippen molar-refractivity contribution in [2.75, 3.05) is 14.2 Å². The maximum atomic E-state index is 11.0. The van der Waals surface area contributed by atoms with E-state index in [1.54, 1.807) is 12.1 Å². The van der Waals surface area contributed by atoms with Gasteiger partial charge in [-0.2, -0.15) is 5.26 Å². The minimum atomic E-state index is -0.463. The Balaban J connectivity index is 3.26. The quantitative estimate of drug-likeness (QED) is 0.586. The fourth-order valence-corrected chi connectivity index (χ4v) is 1.37. The summed E-state index contributed by atoms with van der Waals surface area (Å²) < 4.78 is 15.2. The highest BCUT2D eigenvalue weighted by Crippen LogP contribution is 2.38. The highest BCUT2D eigenvalue weighted by atomic mass is 16.6. The summed E-state index contributed by atoms with van der Waals surface area (Å²) in [5, 5.41) is 8.64. The Morgan fingerprint density at radius 1 is 1.29 bits per heavy atom. The summed E-state index contributed by atoms with van der Waals surface area (Å²) >= 11 is 0. The fraction of sp³-hybridized carbons (Fsp3) is 0.333. The van der Waals surface area contributed by atoms with E-state index in [1.807, 2.05) is 6.07 Å². The van der Waals surface area contributed by atoms with Gasteiger partial charge in [0.1, 0.15) is 0 Å². The molecule has 0 unspecified atom stereocenters. The van der Waals surface area contributed by atoms with Crippen molar-refractivity contribution in [3.8, 4) is 23.3 Å². The van der Waals surface area contributed by atoms with E-state index in [1.165, 1.54) is 21.1 Å². The standard InChI is InChI=1S/C12H13NO4/c1-8(14)17-12-10(15-2)6-9(4-5-13)7-11(12)16-3/h6-7H,4H2,1-3H3. The van der Waals surface area contributed by atoms with E-state index in [0.29, 0.717) is 11.5 Å². The van der Waals surface area contributed by atoms with Gasteiger partial charge in [-0.1, -0.05) is 0 Å². The van der Waals surface area contributed by atoms with E-state index in [-0.39, 0.29) is 12.2 Å². The summed E-state index contributed by atoms with van der Waals surface area (Å²) in [6.07, 6.45) is 0.229.